The van der Waals surface area contributed by atoms with E-state index in [2.05, 4.69) is 15.6 Å². The molecule has 2 amide bonds. The van der Waals surface area contributed by atoms with Crippen LogP contribution in [-0.4, -0.2) is 52.9 Å². The van der Waals surface area contributed by atoms with Crippen molar-refractivity contribution in [2.24, 2.45) is 0 Å². The predicted octanol–water partition coefficient (Wildman–Crippen LogP) is 1.38. The third-order valence-corrected chi connectivity index (χ3v) is 3.95. The molecule has 10 heteroatoms. The molecule has 0 aromatic carbocycles. The van der Waals surface area contributed by atoms with Gasteiger partial charge in [0.15, 0.2) is 5.69 Å². The Labute approximate surface area is 156 Å². The summed E-state index contributed by atoms with van der Waals surface area (Å²) in [5.41, 5.74) is -0.559. The molecule has 2 atom stereocenters. The minimum Gasteiger partial charge on any atom is -0.461 e. The van der Waals surface area contributed by atoms with E-state index in [4.69, 9.17) is 9.47 Å². The quantitative estimate of drug-likeness (QED) is 0.603. The molecule has 0 saturated heterocycles. The summed E-state index contributed by atoms with van der Waals surface area (Å²) >= 11 is 1.19. The predicted molar refractivity (Wildman–Crippen MR) is 94.9 cm³/mol. The Balaban J connectivity index is 2.66. The summed E-state index contributed by atoms with van der Waals surface area (Å²) in [7, 11) is 0. The Bertz CT molecular complexity index is 640. The summed E-state index contributed by atoms with van der Waals surface area (Å²) in [4.78, 5) is 39.8. The van der Waals surface area contributed by atoms with Gasteiger partial charge >= 0.3 is 12.1 Å². The van der Waals surface area contributed by atoms with Gasteiger partial charge < -0.3 is 25.2 Å². The molecule has 0 saturated carbocycles. The van der Waals surface area contributed by atoms with E-state index in [0.717, 1.165) is 0 Å². The van der Waals surface area contributed by atoms with Gasteiger partial charge in [-0.25, -0.2) is 14.6 Å². The summed E-state index contributed by atoms with van der Waals surface area (Å²) in [5.74, 6) is -1.13. The molecule has 1 rings (SSSR count). The van der Waals surface area contributed by atoms with Crippen LogP contribution in [0, 0.1) is 0 Å². The van der Waals surface area contributed by atoms with Crippen LogP contribution in [-0.2, 0) is 14.3 Å². The fourth-order valence-electron chi connectivity index (χ4n) is 1.80. The number of ether oxygens (including phenoxy) is 2. The van der Waals surface area contributed by atoms with E-state index in [-0.39, 0.29) is 12.3 Å². The van der Waals surface area contributed by atoms with Gasteiger partial charge in [0.2, 0.25) is 5.91 Å². The van der Waals surface area contributed by atoms with Gasteiger partial charge in [-0.05, 0) is 34.6 Å². The molecule has 0 unspecified atom stereocenters. The molecule has 0 aliphatic carbocycles. The number of aromatic nitrogens is 1. The van der Waals surface area contributed by atoms with Crippen molar-refractivity contribution >= 4 is 29.3 Å². The first kappa shape index (κ1) is 21.8. The van der Waals surface area contributed by atoms with E-state index in [1.807, 2.05) is 0 Å². The largest absolute Gasteiger partial charge is 0.461 e. The highest BCUT2D eigenvalue weighted by Gasteiger charge is 2.26. The lowest BCUT2D eigenvalue weighted by Gasteiger charge is -2.23. The summed E-state index contributed by atoms with van der Waals surface area (Å²) in [6.45, 7) is 8.08. The number of rotatable bonds is 7. The number of hydrogen-bond donors (Lipinski definition) is 3. The van der Waals surface area contributed by atoms with Gasteiger partial charge in [0, 0.05) is 5.38 Å². The molecule has 0 aliphatic rings. The lowest BCUT2D eigenvalue weighted by Crippen LogP contribution is -2.50. The topological polar surface area (TPSA) is 127 Å². The number of aliphatic hydroxyl groups excluding tert-OH is 1. The molecule has 0 radical (unpaired) electrons. The number of hydrogen-bond acceptors (Lipinski definition) is 8. The van der Waals surface area contributed by atoms with Crippen LogP contribution >= 0.6 is 11.3 Å². The van der Waals surface area contributed by atoms with Crippen molar-refractivity contribution in [3.8, 4) is 0 Å². The Morgan fingerprint density at radius 1 is 1.31 bits per heavy atom. The van der Waals surface area contributed by atoms with E-state index in [9.17, 15) is 19.5 Å². The lowest BCUT2D eigenvalue weighted by molar-refractivity contribution is -0.124. The van der Waals surface area contributed by atoms with E-state index in [1.165, 1.54) is 11.3 Å². The van der Waals surface area contributed by atoms with E-state index < -0.39 is 42.3 Å². The molecule has 3 N–H and O–H groups in total. The minimum absolute atomic E-state index is 0.165. The number of alkyl carbamates (subject to hydrolysis) is 1. The summed E-state index contributed by atoms with van der Waals surface area (Å²) in [5, 5.41) is 16.3. The zero-order valence-corrected chi connectivity index (χ0v) is 16.3. The molecule has 0 aliphatic heterocycles. The maximum atomic E-state index is 12.2. The van der Waals surface area contributed by atoms with Crippen LogP contribution in [0.15, 0.2) is 5.38 Å². The molecular formula is C16H25N3O6S. The van der Waals surface area contributed by atoms with Crippen molar-refractivity contribution in [2.75, 3.05) is 13.2 Å². The van der Waals surface area contributed by atoms with E-state index in [0.29, 0.717) is 5.01 Å². The normalized spacial score (nSPS) is 13.5. The third kappa shape index (κ3) is 6.96. The number of carbonyl (C=O) groups excluding carboxylic acids is 3. The molecule has 0 fully saturated rings. The molecule has 1 aromatic heterocycles. The SMILES string of the molecule is CCOC(=O)c1csc([C@H](C)NC(=O)[C@H](CO)NC(=O)OC(C)(C)C)n1. The average molecular weight is 387 g/mol. The Kier molecular flexibility index (Phi) is 7.97. The van der Waals surface area contributed by atoms with Crippen LogP contribution in [0.25, 0.3) is 0 Å². The summed E-state index contributed by atoms with van der Waals surface area (Å²) < 4.78 is 9.92. The molecule has 26 heavy (non-hydrogen) atoms. The first-order valence-electron chi connectivity index (χ1n) is 8.10. The smallest absolute Gasteiger partial charge is 0.408 e. The fourth-order valence-corrected chi connectivity index (χ4v) is 2.60. The zero-order valence-electron chi connectivity index (χ0n) is 15.5. The van der Waals surface area contributed by atoms with Crippen LogP contribution in [0.3, 0.4) is 0 Å². The Morgan fingerprint density at radius 2 is 1.96 bits per heavy atom. The van der Waals surface area contributed by atoms with Crippen LogP contribution in [0.5, 0.6) is 0 Å². The van der Waals surface area contributed by atoms with Crippen LogP contribution < -0.4 is 10.6 Å². The van der Waals surface area contributed by atoms with Crippen molar-refractivity contribution in [2.45, 2.75) is 52.3 Å². The molecule has 9 nitrogen and oxygen atoms in total. The van der Waals surface area contributed by atoms with Gasteiger partial charge in [0.25, 0.3) is 0 Å². The molecule has 0 bridgehead atoms. The maximum absolute atomic E-state index is 12.2. The number of esters is 1. The van der Waals surface area contributed by atoms with Gasteiger partial charge in [-0.1, -0.05) is 0 Å². The highest BCUT2D eigenvalue weighted by atomic mass is 32.1. The number of nitrogens with one attached hydrogen (secondary N) is 2. The van der Waals surface area contributed by atoms with Gasteiger partial charge in [0.1, 0.15) is 16.7 Å². The second kappa shape index (κ2) is 9.48. The standard InChI is InChI=1S/C16H25N3O6S/c1-6-24-14(22)11-8-26-13(18-11)9(2)17-12(21)10(7-20)19-15(23)25-16(3,4)5/h8-10,20H,6-7H2,1-5H3,(H,17,21)(H,19,23)/t9-,10-/m0/s1. The highest BCUT2D eigenvalue weighted by molar-refractivity contribution is 7.09. The summed E-state index contributed by atoms with van der Waals surface area (Å²) in [6, 6.07) is -1.69. The van der Waals surface area contributed by atoms with Gasteiger partial charge in [-0.15, -0.1) is 11.3 Å². The molecule has 1 aromatic rings. The van der Waals surface area contributed by atoms with E-state index >= 15 is 0 Å². The van der Waals surface area contributed by atoms with Gasteiger partial charge in [-0.2, -0.15) is 0 Å². The lowest BCUT2D eigenvalue weighted by atomic mass is 10.2. The number of carbonyl (C=O) groups is 3. The summed E-state index contributed by atoms with van der Waals surface area (Å²) in [6.07, 6.45) is -0.807. The van der Waals surface area contributed by atoms with Crippen molar-refractivity contribution in [3.05, 3.63) is 16.1 Å². The number of amides is 2. The second-order valence-electron chi connectivity index (χ2n) is 6.40. The number of thiazole rings is 1. The second-order valence-corrected chi connectivity index (χ2v) is 7.29. The molecule has 146 valence electrons. The van der Waals surface area contributed by atoms with Crippen molar-refractivity contribution < 1.29 is 29.0 Å². The van der Waals surface area contributed by atoms with Crippen molar-refractivity contribution in [1.82, 2.24) is 15.6 Å². The molecule has 0 spiro atoms. The van der Waals surface area contributed by atoms with Crippen LogP contribution in [0.4, 0.5) is 4.79 Å². The minimum atomic E-state index is -1.17. The fraction of sp³-hybridized carbons (Fsp3) is 0.625. The average Bonchev–Trinajstić information content (AvgIpc) is 3.01. The Hall–Kier alpha value is -2.20. The molecular weight excluding hydrogens is 362 g/mol. The first-order valence-corrected chi connectivity index (χ1v) is 8.98. The highest BCUT2D eigenvalue weighted by Crippen LogP contribution is 2.18. The van der Waals surface area contributed by atoms with Crippen LogP contribution in [0.2, 0.25) is 0 Å². The van der Waals surface area contributed by atoms with E-state index in [1.54, 1.807) is 40.0 Å². The van der Waals surface area contributed by atoms with Crippen molar-refractivity contribution in [1.29, 1.82) is 0 Å². The van der Waals surface area contributed by atoms with Gasteiger partial charge in [-0.3, -0.25) is 4.79 Å². The first-order chi connectivity index (χ1) is 12.1. The van der Waals surface area contributed by atoms with Gasteiger partial charge in [0.05, 0.1) is 19.3 Å². The van der Waals surface area contributed by atoms with Crippen LogP contribution in [0.1, 0.15) is 56.2 Å². The zero-order chi connectivity index (χ0) is 19.9. The number of nitrogens with zero attached hydrogens (tertiary/aromatic N) is 1. The monoisotopic (exact) mass is 387 g/mol. The van der Waals surface area contributed by atoms with Crippen molar-refractivity contribution in [3.63, 3.8) is 0 Å². The molecule has 1 heterocycles. The third-order valence-electron chi connectivity index (χ3n) is 2.93. The maximum Gasteiger partial charge on any atom is 0.408 e. The number of aliphatic hydroxyl groups is 1. The Morgan fingerprint density at radius 3 is 2.50 bits per heavy atom.